The molecule has 1 saturated carbocycles. The highest BCUT2D eigenvalue weighted by Crippen LogP contribution is 2.25. The summed E-state index contributed by atoms with van der Waals surface area (Å²) in [7, 11) is -3.54. The summed E-state index contributed by atoms with van der Waals surface area (Å²) in [6, 6.07) is 13.6. The van der Waals surface area contributed by atoms with Gasteiger partial charge in [0.25, 0.3) is 5.91 Å². The van der Waals surface area contributed by atoms with Crippen molar-refractivity contribution in [3.8, 4) is 11.4 Å². The van der Waals surface area contributed by atoms with Gasteiger partial charge in [0.15, 0.2) is 5.82 Å². The zero-order valence-electron chi connectivity index (χ0n) is 17.6. The molecule has 0 spiro atoms. The summed E-state index contributed by atoms with van der Waals surface area (Å²) in [4.78, 5) is 12.9. The first-order valence-electron chi connectivity index (χ1n) is 11.0. The zero-order valence-corrected chi connectivity index (χ0v) is 18.4. The molecule has 0 bridgehead atoms. The Morgan fingerprint density at radius 3 is 2.59 bits per heavy atom. The van der Waals surface area contributed by atoms with E-state index in [0.29, 0.717) is 11.3 Å². The number of carbonyl (C=O) groups excluding carboxylic acids is 1. The van der Waals surface area contributed by atoms with E-state index >= 15 is 0 Å². The largest absolute Gasteiger partial charge is 0.322 e. The van der Waals surface area contributed by atoms with Gasteiger partial charge in [-0.2, -0.15) is 0 Å². The van der Waals surface area contributed by atoms with Crippen LogP contribution in [0.2, 0.25) is 0 Å². The number of aromatic nitrogens is 3. The normalized spacial score (nSPS) is 16.2. The van der Waals surface area contributed by atoms with E-state index in [0.717, 1.165) is 55.9 Å². The van der Waals surface area contributed by atoms with Crippen LogP contribution >= 0.6 is 0 Å². The predicted molar refractivity (Wildman–Crippen MR) is 121 cm³/mol. The zero-order chi connectivity index (χ0) is 22.1. The third-order valence-corrected chi connectivity index (χ3v) is 7.35. The number of benzene rings is 2. The fourth-order valence-electron chi connectivity index (χ4n) is 3.91. The lowest BCUT2D eigenvalue weighted by Crippen LogP contribution is -2.25. The number of aryl methyl sites for hydroxylation is 1. The molecule has 1 aliphatic carbocycles. The highest BCUT2D eigenvalue weighted by atomic mass is 32.2. The second-order valence-electron chi connectivity index (χ2n) is 8.36. The monoisotopic (exact) mass is 451 g/mol. The van der Waals surface area contributed by atoms with Crippen LogP contribution in [0.5, 0.6) is 0 Å². The van der Waals surface area contributed by atoms with E-state index in [9.17, 15) is 13.2 Å². The van der Waals surface area contributed by atoms with Crippen LogP contribution in [-0.4, -0.2) is 35.1 Å². The van der Waals surface area contributed by atoms with Crippen LogP contribution in [0, 0.1) is 0 Å². The molecule has 1 aromatic heterocycles. The van der Waals surface area contributed by atoms with Crippen molar-refractivity contribution in [1.82, 2.24) is 19.5 Å². The summed E-state index contributed by atoms with van der Waals surface area (Å²) in [5.41, 5.74) is 1.93. The molecule has 0 radical (unpaired) electrons. The molecule has 0 atom stereocenters. The van der Waals surface area contributed by atoms with Crippen LogP contribution in [0.3, 0.4) is 0 Å². The van der Waals surface area contributed by atoms with Gasteiger partial charge in [0.2, 0.25) is 10.0 Å². The van der Waals surface area contributed by atoms with Gasteiger partial charge in [-0.05, 0) is 62.1 Å². The fourth-order valence-corrected chi connectivity index (χ4v) is 5.22. The van der Waals surface area contributed by atoms with Crippen molar-refractivity contribution in [2.45, 2.75) is 56.0 Å². The highest BCUT2D eigenvalue weighted by molar-refractivity contribution is 7.89. The first-order valence-corrected chi connectivity index (χ1v) is 12.4. The Morgan fingerprint density at radius 2 is 1.81 bits per heavy atom. The molecule has 166 valence electrons. The summed E-state index contributed by atoms with van der Waals surface area (Å²) in [5, 5.41) is 11.6. The predicted octanol–water partition coefficient (Wildman–Crippen LogP) is 3.36. The summed E-state index contributed by atoms with van der Waals surface area (Å²) >= 11 is 0. The van der Waals surface area contributed by atoms with Gasteiger partial charge in [0.1, 0.15) is 5.82 Å². The van der Waals surface area contributed by atoms with Crippen molar-refractivity contribution < 1.29 is 13.2 Å². The number of sulfonamides is 1. The maximum atomic E-state index is 12.7. The second kappa shape index (κ2) is 8.48. The smallest absolute Gasteiger partial charge is 0.255 e. The number of rotatable bonds is 6. The number of nitrogens with zero attached hydrogens (tertiary/aromatic N) is 3. The summed E-state index contributed by atoms with van der Waals surface area (Å²) in [6.45, 7) is 0.902. The Hall–Kier alpha value is -3.04. The van der Waals surface area contributed by atoms with E-state index in [1.165, 1.54) is 30.7 Å². The minimum atomic E-state index is -3.54. The van der Waals surface area contributed by atoms with E-state index in [2.05, 4.69) is 24.8 Å². The van der Waals surface area contributed by atoms with Gasteiger partial charge >= 0.3 is 0 Å². The van der Waals surface area contributed by atoms with Gasteiger partial charge in [0.05, 0.1) is 4.90 Å². The van der Waals surface area contributed by atoms with Crippen molar-refractivity contribution in [1.29, 1.82) is 0 Å². The lowest BCUT2D eigenvalue weighted by molar-refractivity contribution is 0.102. The molecule has 2 heterocycles. The van der Waals surface area contributed by atoms with E-state index in [4.69, 9.17) is 0 Å². The summed E-state index contributed by atoms with van der Waals surface area (Å²) < 4.78 is 29.4. The molecule has 32 heavy (non-hydrogen) atoms. The molecule has 3 aromatic rings. The van der Waals surface area contributed by atoms with Gasteiger partial charge in [-0.3, -0.25) is 4.79 Å². The average Bonchev–Trinajstić information content (AvgIpc) is 3.55. The maximum absolute atomic E-state index is 12.7. The summed E-state index contributed by atoms with van der Waals surface area (Å²) in [6.07, 6.45) is 6.11. The SMILES string of the molecule is O=C(Nc1cccc(-c2nnc3n2CCCCC3)c1)c1ccc(S(=O)(=O)NC2CC2)cc1. The molecule has 1 amide bonds. The molecule has 1 aliphatic heterocycles. The van der Waals surface area contributed by atoms with Crippen LogP contribution in [-0.2, 0) is 23.0 Å². The maximum Gasteiger partial charge on any atom is 0.255 e. The third-order valence-electron chi connectivity index (χ3n) is 5.81. The molecule has 0 unspecified atom stereocenters. The number of amides is 1. The first-order chi connectivity index (χ1) is 15.5. The van der Waals surface area contributed by atoms with Crippen LogP contribution in [0.1, 0.15) is 48.3 Å². The van der Waals surface area contributed by atoms with Crippen molar-refractivity contribution in [2.75, 3.05) is 5.32 Å². The van der Waals surface area contributed by atoms with Crippen molar-refractivity contribution in [2.24, 2.45) is 0 Å². The Kier molecular flexibility index (Phi) is 5.52. The molecule has 8 nitrogen and oxygen atoms in total. The number of nitrogens with one attached hydrogen (secondary N) is 2. The molecule has 2 N–H and O–H groups in total. The minimum Gasteiger partial charge on any atom is -0.322 e. The number of fused-ring (bicyclic) bond motifs is 1. The molecule has 0 saturated heterocycles. The quantitative estimate of drug-likeness (QED) is 0.598. The topological polar surface area (TPSA) is 106 Å². The van der Waals surface area contributed by atoms with E-state index in [-0.39, 0.29) is 16.8 Å². The number of carbonyl (C=O) groups is 1. The molecule has 1 fully saturated rings. The first kappa shape index (κ1) is 20.8. The second-order valence-corrected chi connectivity index (χ2v) is 10.1. The molecule has 2 aromatic carbocycles. The average molecular weight is 452 g/mol. The van der Waals surface area contributed by atoms with Gasteiger partial charge in [-0.1, -0.05) is 18.6 Å². The van der Waals surface area contributed by atoms with E-state index in [1.54, 1.807) is 0 Å². The van der Waals surface area contributed by atoms with E-state index in [1.807, 2.05) is 24.3 Å². The lowest BCUT2D eigenvalue weighted by atomic mass is 10.1. The van der Waals surface area contributed by atoms with Crippen molar-refractivity contribution in [3.05, 3.63) is 59.9 Å². The van der Waals surface area contributed by atoms with Crippen LogP contribution in [0.25, 0.3) is 11.4 Å². The van der Waals surface area contributed by atoms with Crippen LogP contribution in [0.15, 0.2) is 53.4 Å². The molecule has 9 heteroatoms. The Labute approximate surface area is 187 Å². The Morgan fingerprint density at radius 1 is 1.00 bits per heavy atom. The minimum absolute atomic E-state index is 0.0375. The van der Waals surface area contributed by atoms with Gasteiger partial charge < -0.3 is 9.88 Å². The lowest BCUT2D eigenvalue weighted by Gasteiger charge is -2.10. The molecule has 2 aliphatic rings. The van der Waals surface area contributed by atoms with Crippen LogP contribution in [0.4, 0.5) is 5.69 Å². The fraction of sp³-hybridized carbons (Fsp3) is 0.348. The Balaban J connectivity index is 1.32. The van der Waals surface area contributed by atoms with Crippen molar-refractivity contribution in [3.63, 3.8) is 0 Å². The highest BCUT2D eigenvalue weighted by Gasteiger charge is 2.28. The Bertz CT molecular complexity index is 1250. The van der Waals surface area contributed by atoms with Gasteiger partial charge in [-0.15, -0.1) is 10.2 Å². The standard InChI is InChI=1S/C23H25N5O3S/c29-23(16-8-12-20(13-9-16)32(30,31)27-18-10-11-18)24-19-6-4-5-17(15-19)22-26-25-21-7-2-1-3-14-28(21)22/h4-6,8-9,12-13,15,18,27H,1-3,7,10-11,14H2,(H,24,29). The van der Waals surface area contributed by atoms with Crippen LogP contribution < -0.4 is 10.0 Å². The molecular weight excluding hydrogens is 426 g/mol. The number of anilines is 1. The number of hydrogen-bond acceptors (Lipinski definition) is 5. The molecule has 5 rings (SSSR count). The van der Waals surface area contributed by atoms with E-state index < -0.39 is 10.0 Å². The summed E-state index contributed by atoms with van der Waals surface area (Å²) in [5.74, 6) is 1.52. The third kappa shape index (κ3) is 4.44. The molecular formula is C23H25N5O3S. The van der Waals surface area contributed by atoms with Crippen molar-refractivity contribution >= 4 is 21.6 Å². The van der Waals surface area contributed by atoms with Gasteiger partial charge in [-0.25, -0.2) is 13.1 Å². The van der Waals surface area contributed by atoms with Gasteiger partial charge in [0, 0.05) is 35.8 Å². The number of hydrogen-bond donors (Lipinski definition) is 2.